The summed E-state index contributed by atoms with van der Waals surface area (Å²) in [5.74, 6) is 0.891. The van der Waals surface area contributed by atoms with Gasteiger partial charge in [0.1, 0.15) is 5.52 Å². The van der Waals surface area contributed by atoms with E-state index in [1.807, 2.05) is 12.4 Å². The van der Waals surface area contributed by atoms with Crippen LogP contribution in [-0.2, 0) is 0 Å². The fourth-order valence-electron chi connectivity index (χ4n) is 3.98. The first-order chi connectivity index (χ1) is 9.83. The molecule has 1 saturated carbocycles. The fourth-order valence-corrected chi connectivity index (χ4v) is 4.30. The Morgan fingerprint density at radius 2 is 2.05 bits per heavy atom. The van der Waals surface area contributed by atoms with Crippen LogP contribution in [0.4, 0.5) is 5.69 Å². The average molecular weight is 332 g/mol. The molecular formula is C16H18BrN3. The summed E-state index contributed by atoms with van der Waals surface area (Å²) in [6.07, 6.45) is 10.6. The molecule has 2 aliphatic rings. The summed E-state index contributed by atoms with van der Waals surface area (Å²) < 4.78 is 0.993. The molecule has 0 radical (unpaired) electrons. The van der Waals surface area contributed by atoms with Gasteiger partial charge in [-0.15, -0.1) is 0 Å². The monoisotopic (exact) mass is 331 g/mol. The van der Waals surface area contributed by atoms with Crippen LogP contribution in [0.1, 0.15) is 32.1 Å². The lowest BCUT2D eigenvalue weighted by molar-refractivity contribution is 0.363. The third-order valence-corrected chi connectivity index (χ3v) is 5.26. The number of pyridine rings is 2. The molecule has 3 nitrogen and oxygen atoms in total. The van der Waals surface area contributed by atoms with E-state index < -0.39 is 0 Å². The van der Waals surface area contributed by atoms with Crippen molar-refractivity contribution < 1.29 is 0 Å². The van der Waals surface area contributed by atoms with E-state index >= 15 is 0 Å². The quantitative estimate of drug-likeness (QED) is 0.785. The van der Waals surface area contributed by atoms with Gasteiger partial charge in [0.05, 0.1) is 11.2 Å². The molecule has 1 aliphatic carbocycles. The highest BCUT2D eigenvalue weighted by Crippen LogP contribution is 2.40. The summed E-state index contributed by atoms with van der Waals surface area (Å²) >= 11 is 3.48. The van der Waals surface area contributed by atoms with Gasteiger partial charge in [0, 0.05) is 29.5 Å². The van der Waals surface area contributed by atoms with Gasteiger partial charge in [0.25, 0.3) is 0 Å². The van der Waals surface area contributed by atoms with Crippen molar-refractivity contribution >= 4 is 32.7 Å². The first-order valence-corrected chi connectivity index (χ1v) is 8.29. The molecule has 1 saturated heterocycles. The predicted octanol–water partition coefficient (Wildman–Crippen LogP) is 4.16. The van der Waals surface area contributed by atoms with E-state index in [0.29, 0.717) is 0 Å². The molecule has 0 bridgehead atoms. The van der Waals surface area contributed by atoms with Crippen molar-refractivity contribution in [3.8, 4) is 0 Å². The van der Waals surface area contributed by atoms with E-state index in [4.69, 9.17) is 0 Å². The number of halogens is 1. The molecule has 20 heavy (non-hydrogen) atoms. The molecular weight excluding hydrogens is 314 g/mol. The Hall–Kier alpha value is -1.16. The second-order valence-corrected chi connectivity index (χ2v) is 6.86. The molecule has 4 heteroatoms. The summed E-state index contributed by atoms with van der Waals surface area (Å²) in [6.45, 7) is 1.16. The summed E-state index contributed by atoms with van der Waals surface area (Å²) in [4.78, 5) is 11.7. The summed E-state index contributed by atoms with van der Waals surface area (Å²) in [5.41, 5.74) is 3.30. The highest BCUT2D eigenvalue weighted by molar-refractivity contribution is 9.10. The smallest absolute Gasteiger partial charge is 0.112 e. The largest absolute Gasteiger partial charge is 0.366 e. The molecule has 2 aromatic heterocycles. The molecule has 0 aromatic carbocycles. The van der Waals surface area contributed by atoms with Crippen LogP contribution in [-0.4, -0.2) is 22.6 Å². The highest BCUT2D eigenvalue weighted by atomic mass is 79.9. The minimum absolute atomic E-state index is 0.722. The van der Waals surface area contributed by atoms with Crippen LogP contribution in [0.5, 0.6) is 0 Å². The van der Waals surface area contributed by atoms with Crippen molar-refractivity contribution in [2.45, 2.75) is 38.1 Å². The standard InChI is InChI=1S/C16H18BrN3/c17-12-9-13-16(19-10-12)15(6-7-18-13)20-8-2-4-11-3-1-5-14(11)20/h6-7,9-11,14H,1-5,8H2. The van der Waals surface area contributed by atoms with E-state index in [2.05, 4.69) is 42.9 Å². The van der Waals surface area contributed by atoms with Crippen molar-refractivity contribution in [2.24, 2.45) is 5.92 Å². The third-order valence-electron chi connectivity index (χ3n) is 4.83. The molecule has 2 aromatic rings. The first-order valence-electron chi connectivity index (χ1n) is 7.50. The van der Waals surface area contributed by atoms with E-state index in [9.17, 15) is 0 Å². The van der Waals surface area contributed by atoms with Gasteiger partial charge in [-0.25, -0.2) is 0 Å². The average Bonchev–Trinajstić information content (AvgIpc) is 2.94. The molecule has 0 N–H and O–H groups in total. The minimum Gasteiger partial charge on any atom is -0.366 e. The van der Waals surface area contributed by atoms with Crippen LogP contribution in [0.2, 0.25) is 0 Å². The second kappa shape index (κ2) is 4.99. The van der Waals surface area contributed by atoms with Gasteiger partial charge in [-0.1, -0.05) is 6.42 Å². The second-order valence-electron chi connectivity index (χ2n) is 5.95. The highest BCUT2D eigenvalue weighted by Gasteiger charge is 2.35. The number of nitrogens with zero attached hydrogens (tertiary/aromatic N) is 3. The van der Waals surface area contributed by atoms with Gasteiger partial charge in [0.15, 0.2) is 0 Å². The maximum Gasteiger partial charge on any atom is 0.112 e. The Morgan fingerprint density at radius 3 is 3.00 bits per heavy atom. The summed E-state index contributed by atoms with van der Waals surface area (Å²) in [6, 6.07) is 4.92. The molecule has 1 aliphatic heterocycles. The zero-order chi connectivity index (χ0) is 13.5. The lowest BCUT2D eigenvalue weighted by atomic mass is 9.91. The van der Waals surface area contributed by atoms with Gasteiger partial charge in [-0.05, 0) is 59.7 Å². The Bertz CT molecular complexity index is 643. The topological polar surface area (TPSA) is 29.0 Å². The maximum atomic E-state index is 4.62. The van der Waals surface area contributed by atoms with Crippen LogP contribution in [0, 0.1) is 5.92 Å². The van der Waals surface area contributed by atoms with Crippen molar-refractivity contribution in [2.75, 3.05) is 11.4 Å². The SMILES string of the molecule is Brc1cnc2c(N3CCCC4CCCC43)ccnc2c1. The number of hydrogen-bond acceptors (Lipinski definition) is 3. The zero-order valence-electron chi connectivity index (χ0n) is 11.4. The molecule has 2 unspecified atom stereocenters. The van der Waals surface area contributed by atoms with E-state index in [-0.39, 0.29) is 0 Å². The molecule has 104 valence electrons. The molecule has 2 fully saturated rings. The van der Waals surface area contributed by atoms with Gasteiger partial charge >= 0.3 is 0 Å². The molecule has 3 heterocycles. The number of hydrogen-bond donors (Lipinski definition) is 0. The van der Waals surface area contributed by atoms with Gasteiger partial charge in [-0.3, -0.25) is 9.97 Å². The number of anilines is 1. The van der Waals surface area contributed by atoms with E-state index in [1.165, 1.54) is 37.8 Å². The van der Waals surface area contributed by atoms with Crippen molar-refractivity contribution in [1.82, 2.24) is 9.97 Å². The first kappa shape index (κ1) is 12.6. The molecule has 2 atom stereocenters. The van der Waals surface area contributed by atoms with E-state index in [1.54, 1.807) is 0 Å². The van der Waals surface area contributed by atoms with Crippen molar-refractivity contribution in [3.05, 3.63) is 29.0 Å². The Balaban J connectivity index is 1.81. The number of piperidine rings is 1. The van der Waals surface area contributed by atoms with Crippen LogP contribution in [0.15, 0.2) is 29.0 Å². The molecule has 4 rings (SSSR count). The minimum atomic E-state index is 0.722. The van der Waals surface area contributed by atoms with Gasteiger partial charge in [0.2, 0.25) is 0 Å². The van der Waals surface area contributed by atoms with Gasteiger partial charge < -0.3 is 4.90 Å². The summed E-state index contributed by atoms with van der Waals surface area (Å²) in [7, 11) is 0. The lowest BCUT2D eigenvalue weighted by Crippen LogP contribution is -2.42. The fraction of sp³-hybridized carbons (Fsp3) is 0.500. The molecule has 0 spiro atoms. The Kier molecular flexibility index (Phi) is 3.14. The number of aromatic nitrogens is 2. The van der Waals surface area contributed by atoms with Crippen molar-refractivity contribution in [3.63, 3.8) is 0 Å². The Labute approximate surface area is 127 Å². The predicted molar refractivity (Wildman–Crippen MR) is 84.9 cm³/mol. The number of rotatable bonds is 1. The maximum absolute atomic E-state index is 4.62. The zero-order valence-corrected chi connectivity index (χ0v) is 13.0. The van der Waals surface area contributed by atoms with Crippen LogP contribution < -0.4 is 4.90 Å². The third kappa shape index (κ3) is 2.01. The molecule has 0 amide bonds. The van der Waals surface area contributed by atoms with Crippen molar-refractivity contribution in [1.29, 1.82) is 0 Å². The van der Waals surface area contributed by atoms with E-state index in [0.717, 1.165) is 34.0 Å². The number of fused-ring (bicyclic) bond motifs is 2. The van der Waals surface area contributed by atoms with Crippen LogP contribution in [0.3, 0.4) is 0 Å². The summed E-state index contributed by atoms with van der Waals surface area (Å²) in [5, 5.41) is 0. The van der Waals surface area contributed by atoms with Gasteiger partial charge in [-0.2, -0.15) is 0 Å². The Morgan fingerprint density at radius 1 is 1.15 bits per heavy atom. The lowest BCUT2D eigenvalue weighted by Gasteiger charge is -2.39. The van der Waals surface area contributed by atoms with Crippen LogP contribution >= 0.6 is 15.9 Å². The van der Waals surface area contributed by atoms with Crippen LogP contribution in [0.25, 0.3) is 11.0 Å². The normalized spacial score (nSPS) is 25.9.